The van der Waals surface area contributed by atoms with Gasteiger partial charge in [-0.2, -0.15) is 0 Å². The van der Waals surface area contributed by atoms with Crippen LogP contribution in [0.1, 0.15) is 30.6 Å². The van der Waals surface area contributed by atoms with Crippen LogP contribution in [-0.2, 0) is 0 Å². The lowest BCUT2D eigenvalue weighted by molar-refractivity contribution is -0.384. The second-order valence-electron chi connectivity index (χ2n) is 4.32. The van der Waals surface area contributed by atoms with Crippen LogP contribution in [0.3, 0.4) is 0 Å². The topological polar surface area (TPSA) is 110 Å². The summed E-state index contributed by atoms with van der Waals surface area (Å²) in [7, 11) is 0. The molecule has 1 aromatic carbocycles. The predicted octanol–water partition coefficient (Wildman–Crippen LogP) is 1.66. The first-order valence-corrected chi connectivity index (χ1v) is 6.03. The van der Waals surface area contributed by atoms with Crippen LogP contribution in [0.4, 0.5) is 11.4 Å². The molecule has 0 saturated carbocycles. The van der Waals surface area contributed by atoms with Gasteiger partial charge in [-0.05, 0) is 12.0 Å². The van der Waals surface area contributed by atoms with E-state index >= 15 is 0 Å². The second kappa shape index (κ2) is 6.69. The van der Waals surface area contributed by atoms with Crippen molar-refractivity contribution in [2.75, 3.05) is 12.0 Å². The van der Waals surface area contributed by atoms with Gasteiger partial charge in [0.05, 0.1) is 10.5 Å². The minimum atomic E-state index is -0.583. The van der Waals surface area contributed by atoms with Crippen LogP contribution < -0.4 is 16.6 Å². The summed E-state index contributed by atoms with van der Waals surface area (Å²) in [5.74, 6) is 5.24. The van der Waals surface area contributed by atoms with Gasteiger partial charge in [0, 0.05) is 12.6 Å². The lowest BCUT2D eigenvalue weighted by atomic mass is 10.1. The number of nitrogens with zero attached hydrogens (tertiary/aromatic N) is 1. The zero-order valence-corrected chi connectivity index (χ0v) is 11.0. The summed E-state index contributed by atoms with van der Waals surface area (Å²) in [6.45, 7) is 4.55. The molecule has 104 valence electrons. The summed E-state index contributed by atoms with van der Waals surface area (Å²) in [4.78, 5) is 22.3. The van der Waals surface area contributed by atoms with Crippen molar-refractivity contribution in [1.82, 2.24) is 5.32 Å². The molecule has 1 aromatic rings. The van der Waals surface area contributed by atoms with Crippen molar-refractivity contribution < 1.29 is 9.72 Å². The number of benzene rings is 1. The van der Waals surface area contributed by atoms with Crippen LogP contribution in [0, 0.1) is 16.0 Å². The van der Waals surface area contributed by atoms with Gasteiger partial charge in [0.1, 0.15) is 5.69 Å². The third kappa shape index (κ3) is 3.65. The number of hydrogen-bond donors (Lipinski definition) is 3. The van der Waals surface area contributed by atoms with Crippen molar-refractivity contribution in [2.24, 2.45) is 11.8 Å². The predicted molar refractivity (Wildman–Crippen MR) is 72.7 cm³/mol. The molecule has 0 aliphatic carbocycles. The molecular formula is C12H18N4O3. The number of nitro groups is 1. The van der Waals surface area contributed by atoms with E-state index in [9.17, 15) is 14.9 Å². The van der Waals surface area contributed by atoms with Gasteiger partial charge in [0.2, 0.25) is 0 Å². The van der Waals surface area contributed by atoms with Crippen LogP contribution in [0.25, 0.3) is 0 Å². The number of carbonyl (C=O) groups is 1. The minimum absolute atomic E-state index is 0.0224. The average molecular weight is 266 g/mol. The molecule has 7 heteroatoms. The van der Waals surface area contributed by atoms with Crippen LogP contribution in [0.5, 0.6) is 0 Å². The fraction of sp³-hybridized carbons (Fsp3) is 0.417. The van der Waals surface area contributed by atoms with Gasteiger partial charge in [-0.15, -0.1) is 0 Å². The molecule has 7 nitrogen and oxygen atoms in total. The van der Waals surface area contributed by atoms with Gasteiger partial charge in [-0.25, -0.2) is 0 Å². The number of rotatable bonds is 6. The highest BCUT2D eigenvalue weighted by Crippen LogP contribution is 2.27. The Hall–Kier alpha value is -2.15. The summed E-state index contributed by atoms with van der Waals surface area (Å²) in [5.41, 5.74) is 2.19. The first-order chi connectivity index (χ1) is 9.01. The van der Waals surface area contributed by atoms with Gasteiger partial charge < -0.3 is 10.7 Å². The molecule has 19 heavy (non-hydrogen) atoms. The first-order valence-electron chi connectivity index (χ1n) is 6.03. The van der Waals surface area contributed by atoms with E-state index in [1.54, 1.807) is 0 Å². The van der Waals surface area contributed by atoms with Gasteiger partial charge in [-0.3, -0.25) is 20.8 Å². The molecule has 0 saturated heterocycles. The highest BCUT2D eigenvalue weighted by molar-refractivity contribution is 6.01. The van der Waals surface area contributed by atoms with E-state index in [4.69, 9.17) is 5.84 Å². The SMILES string of the molecule is CCC(C)CNC(=O)c1cccc([N+](=O)[O-])c1NN. The van der Waals surface area contributed by atoms with E-state index in [0.717, 1.165) is 6.42 Å². The molecule has 0 bridgehead atoms. The number of nitrogens with two attached hydrogens (primary N) is 1. The van der Waals surface area contributed by atoms with E-state index in [2.05, 4.69) is 10.7 Å². The van der Waals surface area contributed by atoms with Crippen molar-refractivity contribution in [2.45, 2.75) is 20.3 Å². The summed E-state index contributed by atoms with van der Waals surface area (Å²) in [5, 5.41) is 13.6. The normalized spacial score (nSPS) is 11.7. The van der Waals surface area contributed by atoms with Crippen molar-refractivity contribution in [3.05, 3.63) is 33.9 Å². The Kier molecular flexibility index (Phi) is 5.25. The maximum atomic E-state index is 12.0. The Bertz CT molecular complexity index is 476. The molecule has 1 unspecified atom stereocenters. The van der Waals surface area contributed by atoms with Gasteiger partial charge in [0.25, 0.3) is 11.6 Å². The molecule has 0 radical (unpaired) electrons. The number of nitro benzene ring substituents is 1. The van der Waals surface area contributed by atoms with Gasteiger partial charge >= 0.3 is 0 Å². The lowest BCUT2D eigenvalue weighted by Gasteiger charge is -2.12. The highest BCUT2D eigenvalue weighted by Gasteiger charge is 2.20. The minimum Gasteiger partial charge on any atom is -0.352 e. The second-order valence-corrected chi connectivity index (χ2v) is 4.32. The number of carbonyl (C=O) groups excluding carboxylic acids is 1. The number of nitrogens with one attached hydrogen (secondary N) is 2. The molecule has 0 spiro atoms. The molecule has 0 fully saturated rings. The van der Waals surface area contributed by atoms with E-state index in [1.807, 2.05) is 13.8 Å². The molecule has 1 rings (SSSR count). The van der Waals surface area contributed by atoms with Crippen LogP contribution in [-0.4, -0.2) is 17.4 Å². The van der Waals surface area contributed by atoms with Crippen LogP contribution in [0.15, 0.2) is 18.2 Å². The van der Waals surface area contributed by atoms with Crippen molar-refractivity contribution in [3.8, 4) is 0 Å². The third-order valence-electron chi connectivity index (χ3n) is 2.94. The van der Waals surface area contributed by atoms with Gasteiger partial charge in [0.15, 0.2) is 0 Å². The van der Waals surface area contributed by atoms with Gasteiger partial charge in [-0.1, -0.05) is 26.3 Å². The number of hydrazine groups is 1. The maximum Gasteiger partial charge on any atom is 0.294 e. The molecule has 1 amide bonds. The van der Waals surface area contributed by atoms with Crippen LogP contribution in [0.2, 0.25) is 0 Å². The molecule has 0 aromatic heterocycles. The Morgan fingerprint density at radius 1 is 1.53 bits per heavy atom. The summed E-state index contributed by atoms with van der Waals surface area (Å²) in [6.07, 6.45) is 0.942. The van der Waals surface area contributed by atoms with Crippen molar-refractivity contribution in [1.29, 1.82) is 0 Å². The summed E-state index contributed by atoms with van der Waals surface area (Å²) in [6, 6.07) is 4.24. The largest absolute Gasteiger partial charge is 0.352 e. The monoisotopic (exact) mass is 266 g/mol. The molecule has 0 aliphatic rings. The fourth-order valence-corrected chi connectivity index (χ4v) is 1.54. The zero-order chi connectivity index (χ0) is 14.4. The molecule has 0 heterocycles. The number of hydrogen-bond acceptors (Lipinski definition) is 5. The first kappa shape index (κ1) is 14.9. The summed E-state index contributed by atoms with van der Waals surface area (Å²) >= 11 is 0. The number of anilines is 1. The Morgan fingerprint density at radius 3 is 2.74 bits per heavy atom. The fourth-order valence-electron chi connectivity index (χ4n) is 1.54. The third-order valence-corrected chi connectivity index (χ3v) is 2.94. The zero-order valence-electron chi connectivity index (χ0n) is 11.0. The van der Waals surface area contributed by atoms with E-state index in [1.165, 1.54) is 18.2 Å². The molecular weight excluding hydrogens is 248 g/mol. The Balaban J connectivity index is 2.96. The van der Waals surface area contributed by atoms with Crippen molar-refractivity contribution in [3.63, 3.8) is 0 Å². The van der Waals surface area contributed by atoms with E-state index in [-0.39, 0.29) is 22.8 Å². The standard InChI is InChI=1S/C12H18N4O3/c1-3-8(2)7-14-12(17)9-5-4-6-10(16(18)19)11(9)15-13/h4-6,8,15H,3,7,13H2,1-2H3,(H,14,17). The molecule has 0 aliphatic heterocycles. The number of amides is 1. The lowest BCUT2D eigenvalue weighted by Crippen LogP contribution is -2.29. The summed E-state index contributed by atoms with van der Waals surface area (Å²) < 4.78 is 0. The molecule has 4 N–H and O–H groups in total. The maximum absolute atomic E-state index is 12.0. The van der Waals surface area contributed by atoms with Crippen molar-refractivity contribution >= 4 is 17.3 Å². The van der Waals surface area contributed by atoms with E-state index < -0.39 is 4.92 Å². The average Bonchev–Trinajstić information content (AvgIpc) is 2.43. The highest BCUT2D eigenvalue weighted by atomic mass is 16.6. The van der Waals surface area contributed by atoms with E-state index in [0.29, 0.717) is 12.5 Å². The Labute approximate surface area is 111 Å². The Morgan fingerprint density at radius 2 is 2.21 bits per heavy atom. The molecule has 1 atom stereocenters. The van der Waals surface area contributed by atoms with Crippen LogP contribution >= 0.6 is 0 Å². The number of nitrogen functional groups attached to an aromatic ring is 1. The quantitative estimate of drug-likeness (QED) is 0.412. The smallest absolute Gasteiger partial charge is 0.294 e. The number of para-hydroxylation sites is 1.